The zero-order valence-electron chi connectivity index (χ0n) is 16.9. The summed E-state index contributed by atoms with van der Waals surface area (Å²) in [6.45, 7) is 1.82. The Kier molecular flexibility index (Phi) is 5.59. The van der Waals surface area contributed by atoms with Crippen LogP contribution in [0.1, 0.15) is 5.56 Å². The van der Waals surface area contributed by atoms with E-state index < -0.39 is 10.0 Å². The van der Waals surface area contributed by atoms with Crippen LogP contribution in [0, 0.1) is 6.92 Å². The Morgan fingerprint density at radius 2 is 1.68 bits per heavy atom. The van der Waals surface area contributed by atoms with Gasteiger partial charge in [0.1, 0.15) is 16.4 Å². The smallest absolute Gasteiger partial charge is 0.265 e. The topological polar surface area (TPSA) is 95.3 Å². The van der Waals surface area contributed by atoms with Gasteiger partial charge < -0.3 is 14.0 Å². The molecule has 158 valence electrons. The van der Waals surface area contributed by atoms with Crippen molar-refractivity contribution < 1.29 is 17.9 Å². The first-order chi connectivity index (χ1) is 14.9. The Bertz CT molecular complexity index is 1270. The molecular weight excluding hydrogens is 416 g/mol. The highest BCUT2D eigenvalue weighted by atomic mass is 32.2. The lowest BCUT2D eigenvalue weighted by Gasteiger charge is -2.13. The van der Waals surface area contributed by atoms with Gasteiger partial charge in [0, 0.05) is 24.1 Å². The Morgan fingerprint density at radius 1 is 0.935 bits per heavy atom. The van der Waals surface area contributed by atoms with Gasteiger partial charge in [-0.15, -0.1) is 10.2 Å². The molecule has 8 nitrogen and oxygen atoms in total. The number of aryl methyl sites for hydroxylation is 1. The summed E-state index contributed by atoms with van der Waals surface area (Å²) in [5, 5.41) is 8.19. The summed E-state index contributed by atoms with van der Waals surface area (Å²) < 4.78 is 40.9. The average molecular weight is 436 g/mol. The van der Waals surface area contributed by atoms with Crippen molar-refractivity contribution in [2.24, 2.45) is 0 Å². The van der Waals surface area contributed by atoms with Crippen LogP contribution in [0.5, 0.6) is 17.4 Å². The van der Waals surface area contributed by atoms with Crippen LogP contribution in [0.3, 0.4) is 0 Å². The summed E-state index contributed by atoms with van der Waals surface area (Å²) in [6.07, 6.45) is 3.74. The van der Waals surface area contributed by atoms with Crippen molar-refractivity contribution in [3.05, 3.63) is 84.7 Å². The highest BCUT2D eigenvalue weighted by Gasteiger charge is 2.20. The molecule has 2 aromatic heterocycles. The molecule has 0 saturated carbocycles. The lowest BCUT2D eigenvalue weighted by atomic mass is 10.2. The minimum atomic E-state index is -3.82. The molecule has 0 saturated heterocycles. The maximum absolute atomic E-state index is 12.8. The second-order valence-electron chi connectivity index (χ2n) is 6.71. The summed E-state index contributed by atoms with van der Waals surface area (Å²) in [7, 11) is -2.38. The summed E-state index contributed by atoms with van der Waals surface area (Å²) in [6, 6.07) is 18.8. The van der Waals surface area contributed by atoms with Gasteiger partial charge in [-0.25, -0.2) is 8.42 Å². The molecule has 0 spiro atoms. The molecule has 2 aromatic carbocycles. The first-order valence-corrected chi connectivity index (χ1v) is 10.9. The monoisotopic (exact) mass is 436 g/mol. The van der Waals surface area contributed by atoms with E-state index in [-0.39, 0.29) is 10.6 Å². The van der Waals surface area contributed by atoms with Crippen LogP contribution >= 0.6 is 0 Å². The molecule has 0 unspecified atom stereocenters. The van der Waals surface area contributed by atoms with E-state index >= 15 is 0 Å². The van der Waals surface area contributed by atoms with Crippen LogP contribution < -0.4 is 14.2 Å². The molecule has 0 aliphatic heterocycles. The number of benzene rings is 2. The van der Waals surface area contributed by atoms with Gasteiger partial charge in [-0.05, 0) is 67.1 Å². The third-order valence-electron chi connectivity index (χ3n) is 4.43. The SMILES string of the molecule is COc1ccc(C)cc1S(=O)(=O)Nc1ccc(Oc2ccc(-n3cccc3)nn2)cc1. The highest BCUT2D eigenvalue weighted by Crippen LogP contribution is 2.28. The quantitative estimate of drug-likeness (QED) is 0.467. The fraction of sp³-hybridized carbons (Fsp3) is 0.0909. The third kappa shape index (κ3) is 4.67. The predicted octanol–water partition coefficient (Wildman–Crippen LogP) is 4.18. The lowest BCUT2D eigenvalue weighted by Crippen LogP contribution is -2.14. The van der Waals surface area contributed by atoms with Crippen LogP contribution in [0.2, 0.25) is 0 Å². The Hall–Kier alpha value is -3.85. The van der Waals surface area contributed by atoms with E-state index in [0.29, 0.717) is 23.1 Å². The maximum Gasteiger partial charge on any atom is 0.265 e. The maximum atomic E-state index is 12.8. The number of aromatic nitrogens is 3. The van der Waals surface area contributed by atoms with Crippen LogP contribution in [0.4, 0.5) is 5.69 Å². The summed E-state index contributed by atoms with van der Waals surface area (Å²) in [5.41, 5.74) is 1.21. The number of nitrogens with zero attached hydrogens (tertiary/aromatic N) is 3. The molecule has 0 fully saturated rings. The van der Waals surface area contributed by atoms with E-state index in [1.165, 1.54) is 7.11 Å². The second-order valence-corrected chi connectivity index (χ2v) is 8.36. The van der Waals surface area contributed by atoms with Gasteiger partial charge in [0.05, 0.1) is 7.11 Å². The Balaban J connectivity index is 1.46. The normalized spacial score (nSPS) is 11.2. The molecule has 4 rings (SSSR count). The zero-order valence-corrected chi connectivity index (χ0v) is 17.7. The fourth-order valence-electron chi connectivity index (χ4n) is 2.91. The van der Waals surface area contributed by atoms with E-state index in [1.54, 1.807) is 54.6 Å². The minimum Gasteiger partial charge on any atom is -0.495 e. The Labute approximate surface area is 180 Å². The first kappa shape index (κ1) is 20.4. The second kappa shape index (κ2) is 8.49. The number of ether oxygens (including phenoxy) is 2. The molecule has 2 heterocycles. The summed E-state index contributed by atoms with van der Waals surface area (Å²) in [4.78, 5) is 0.0772. The number of hydrogen-bond acceptors (Lipinski definition) is 6. The van der Waals surface area contributed by atoms with Crippen molar-refractivity contribution in [1.82, 2.24) is 14.8 Å². The molecule has 0 aliphatic carbocycles. The van der Waals surface area contributed by atoms with E-state index in [9.17, 15) is 8.42 Å². The minimum absolute atomic E-state index is 0.0772. The van der Waals surface area contributed by atoms with E-state index in [4.69, 9.17) is 9.47 Å². The number of nitrogens with one attached hydrogen (secondary N) is 1. The summed E-state index contributed by atoms with van der Waals surface area (Å²) in [5.74, 6) is 1.78. The summed E-state index contributed by atoms with van der Waals surface area (Å²) >= 11 is 0. The number of rotatable bonds is 7. The van der Waals surface area contributed by atoms with Crippen molar-refractivity contribution >= 4 is 15.7 Å². The van der Waals surface area contributed by atoms with E-state index in [0.717, 1.165) is 5.56 Å². The van der Waals surface area contributed by atoms with Crippen LogP contribution in [-0.2, 0) is 10.0 Å². The largest absolute Gasteiger partial charge is 0.495 e. The molecule has 9 heteroatoms. The van der Waals surface area contributed by atoms with Gasteiger partial charge in [-0.1, -0.05) is 6.07 Å². The molecule has 4 aromatic rings. The fourth-order valence-corrected chi connectivity index (χ4v) is 4.22. The zero-order chi connectivity index (χ0) is 21.8. The standard InChI is InChI=1S/C22H20N4O4S/c1-16-5-10-19(29-2)20(15-16)31(27,28)25-17-6-8-18(9-7-17)30-22-12-11-21(23-24-22)26-13-3-4-14-26/h3-15,25H,1-2H3. The van der Waals surface area contributed by atoms with Gasteiger partial charge in [-0.3, -0.25) is 4.72 Å². The molecule has 1 N–H and O–H groups in total. The van der Waals surface area contributed by atoms with Crippen LogP contribution in [0.15, 0.2) is 84.0 Å². The van der Waals surface area contributed by atoms with Crippen molar-refractivity contribution in [2.75, 3.05) is 11.8 Å². The van der Waals surface area contributed by atoms with Crippen molar-refractivity contribution in [1.29, 1.82) is 0 Å². The van der Waals surface area contributed by atoms with Crippen molar-refractivity contribution in [3.8, 4) is 23.2 Å². The van der Waals surface area contributed by atoms with Gasteiger partial charge >= 0.3 is 0 Å². The van der Waals surface area contributed by atoms with Crippen LogP contribution in [-0.4, -0.2) is 30.3 Å². The van der Waals surface area contributed by atoms with Gasteiger partial charge in [0.25, 0.3) is 10.0 Å². The molecule has 31 heavy (non-hydrogen) atoms. The van der Waals surface area contributed by atoms with Gasteiger partial charge in [0.15, 0.2) is 5.82 Å². The number of sulfonamides is 1. The lowest BCUT2D eigenvalue weighted by molar-refractivity contribution is 0.402. The molecule has 0 bridgehead atoms. The number of methoxy groups -OCH3 is 1. The predicted molar refractivity (Wildman–Crippen MR) is 116 cm³/mol. The van der Waals surface area contributed by atoms with Crippen molar-refractivity contribution in [2.45, 2.75) is 11.8 Å². The van der Waals surface area contributed by atoms with Crippen LogP contribution in [0.25, 0.3) is 5.82 Å². The number of anilines is 1. The number of hydrogen-bond donors (Lipinski definition) is 1. The molecular formula is C22H20N4O4S. The highest BCUT2D eigenvalue weighted by molar-refractivity contribution is 7.92. The molecule has 0 aliphatic rings. The van der Waals surface area contributed by atoms with Crippen molar-refractivity contribution in [3.63, 3.8) is 0 Å². The molecule has 0 radical (unpaired) electrons. The van der Waals surface area contributed by atoms with Gasteiger partial charge in [-0.2, -0.15) is 0 Å². The van der Waals surface area contributed by atoms with E-state index in [1.807, 2.05) is 36.0 Å². The van der Waals surface area contributed by atoms with Gasteiger partial charge in [0.2, 0.25) is 5.88 Å². The first-order valence-electron chi connectivity index (χ1n) is 9.37. The van der Waals surface area contributed by atoms with E-state index in [2.05, 4.69) is 14.9 Å². The average Bonchev–Trinajstić information content (AvgIpc) is 3.30. The third-order valence-corrected chi connectivity index (χ3v) is 5.84. The Morgan fingerprint density at radius 3 is 2.32 bits per heavy atom. The molecule has 0 amide bonds. The molecule has 0 atom stereocenters.